The number of nitrogens with zero attached hydrogens (tertiary/aromatic N) is 1. The molecule has 0 N–H and O–H groups in total. The Labute approximate surface area is 98.0 Å². The molecule has 1 aromatic carbocycles. The van der Waals surface area contributed by atoms with Crippen molar-refractivity contribution in [2.24, 2.45) is 0 Å². The van der Waals surface area contributed by atoms with Crippen molar-refractivity contribution in [2.45, 2.75) is 19.8 Å². The lowest BCUT2D eigenvalue weighted by Crippen LogP contribution is -2.02. The van der Waals surface area contributed by atoms with Crippen LogP contribution in [0.4, 0.5) is 0 Å². The van der Waals surface area contributed by atoms with Gasteiger partial charge in [0, 0.05) is 11.8 Å². The summed E-state index contributed by atoms with van der Waals surface area (Å²) in [6.45, 7) is 4.38. The smallest absolute Gasteiger partial charge is 0.115 e. The van der Waals surface area contributed by atoms with E-state index in [2.05, 4.69) is 43.1 Å². The fourth-order valence-corrected chi connectivity index (χ4v) is 1.61. The third-order valence-electron chi connectivity index (χ3n) is 2.66. The van der Waals surface area contributed by atoms with Crippen molar-refractivity contribution in [3.05, 3.63) is 48.2 Å². The van der Waals surface area contributed by atoms with Gasteiger partial charge in [0.15, 0.2) is 0 Å². The second kappa shape index (κ2) is 4.52. The zero-order chi connectivity index (χ0) is 11.5. The van der Waals surface area contributed by atoms with Crippen molar-refractivity contribution in [1.82, 2.24) is 4.98 Å². The highest BCUT2D eigenvalue weighted by Gasteiger charge is 2.01. The Morgan fingerprint density at radius 3 is 2.19 bits per heavy atom. The fourth-order valence-electron chi connectivity index (χ4n) is 1.61. The number of hydrogen-bond acceptors (Lipinski definition) is 1. The first kappa shape index (κ1) is 10.9. The fraction of sp³-hybridized carbons (Fsp3) is 0.214. The second-order valence-electron chi connectivity index (χ2n) is 4.25. The Balaban J connectivity index is 2.31. The van der Waals surface area contributed by atoms with Crippen LogP contribution in [-0.4, -0.2) is 12.8 Å². The first-order valence-corrected chi connectivity index (χ1v) is 5.48. The van der Waals surface area contributed by atoms with E-state index in [1.165, 1.54) is 5.56 Å². The van der Waals surface area contributed by atoms with Crippen LogP contribution in [0.5, 0.6) is 0 Å². The predicted molar refractivity (Wildman–Crippen MR) is 69.2 cm³/mol. The zero-order valence-corrected chi connectivity index (χ0v) is 9.64. The summed E-state index contributed by atoms with van der Waals surface area (Å²) in [5, 5.41) is 0. The summed E-state index contributed by atoms with van der Waals surface area (Å²) >= 11 is 0. The molecule has 2 heteroatoms. The van der Waals surface area contributed by atoms with Gasteiger partial charge in [-0.3, -0.25) is 4.98 Å². The first-order valence-electron chi connectivity index (χ1n) is 5.48. The summed E-state index contributed by atoms with van der Waals surface area (Å²) in [5.74, 6) is 0.563. The normalized spacial score (nSPS) is 10.7. The van der Waals surface area contributed by atoms with Gasteiger partial charge < -0.3 is 0 Å². The maximum atomic E-state index is 5.61. The van der Waals surface area contributed by atoms with Crippen LogP contribution in [-0.2, 0) is 0 Å². The van der Waals surface area contributed by atoms with Crippen molar-refractivity contribution in [3.8, 4) is 11.3 Å². The molecule has 16 heavy (non-hydrogen) atoms. The molecule has 78 valence electrons. The number of rotatable bonds is 2. The molecule has 0 amide bonds. The van der Waals surface area contributed by atoms with Gasteiger partial charge in [0.2, 0.25) is 0 Å². The maximum absolute atomic E-state index is 5.61. The minimum atomic E-state index is 0.563. The Morgan fingerprint density at radius 1 is 1.00 bits per heavy atom. The lowest BCUT2D eigenvalue weighted by Gasteiger charge is -2.06. The van der Waals surface area contributed by atoms with E-state index in [-0.39, 0.29) is 0 Å². The maximum Gasteiger partial charge on any atom is 0.115 e. The molecular weight excluding hydrogens is 193 g/mol. The van der Waals surface area contributed by atoms with Crippen molar-refractivity contribution in [1.29, 1.82) is 0 Å². The van der Waals surface area contributed by atoms with Crippen molar-refractivity contribution in [2.75, 3.05) is 0 Å². The van der Waals surface area contributed by atoms with E-state index in [1.54, 1.807) is 6.20 Å². The number of pyridine rings is 1. The molecule has 1 nitrogen and oxygen atoms in total. The Morgan fingerprint density at radius 2 is 1.69 bits per heavy atom. The van der Waals surface area contributed by atoms with Crippen LogP contribution in [0, 0.1) is 0 Å². The molecule has 0 aliphatic heterocycles. The molecule has 0 saturated heterocycles. The first-order chi connectivity index (χ1) is 7.66. The highest BCUT2D eigenvalue weighted by atomic mass is 14.7. The number of benzene rings is 1. The van der Waals surface area contributed by atoms with Crippen molar-refractivity contribution < 1.29 is 0 Å². The molecule has 0 saturated carbocycles. The van der Waals surface area contributed by atoms with Gasteiger partial charge in [0.1, 0.15) is 7.85 Å². The van der Waals surface area contributed by atoms with E-state index in [4.69, 9.17) is 7.85 Å². The van der Waals surface area contributed by atoms with Gasteiger partial charge in [-0.1, -0.05) is 49.6 Å². The van der Waals surface area contributed by atoms with E-state index in [9.17, 15) is 0 Å². The predicted octanol–water partition coefficient (Wildman–Crippen LogP) is 2.67. The lowest BCUT2D eigenvalue weighted by atomic mass is 9.97. The van der Waals surface area contributed by atoms with E-state index in [0.717, 1.165) is 11.3 Å². The van der Waals surface area contributed by atoms with E-state index < -0.39 is 0 Å². The SMILES string of the molecule is [B]c1ccc(-c2ccc(C(C)C)cc2)nc1. The van der Waals surface area contributed by atoms with Crippen LogP contribution in [0.3, 0.4) is 0 Å². The standard InChI is InChI=1S/C14H14BN/c1-10(2)11-3-5-12(6-4-11)14-8-7-13(15)9-16-14/h3-10H,1-2H3. The zero-order valence-electron chi connectivity index (χ0n) is 9.64. The Bertz CT molecular complexity index is 457. The summed E-state index contributed by atoms with van der Waals surface area (Å²) in [5.41, 5.74) is 4.13. The van der Waals surface area contributed by atoms with Gasteiger partial charge in [-0.2, -0.15) is 0 Å². The summed E-state index contributed by atoms with van der Waals surface area (Å²) in [6.07, 6.45) is 1.69. The van der Waals surface area contributed by atoms with Gasteiger partial charge in [-0.05, 0) is 17.5 Å². The molecular formula is C14H14BN. The van der Waals surface area contributed by atoms with Crippen LogP contribution in [0.2, 0.25) is 0 Å². The van der Waals surface area contributed by atoms with E-state index in [1.807, 2.05) is 12.1 Å². The summed E-state index contributed by atoms with van der Waals surface area (Å²) < 4.78 is 0. The monoisotopic (exact) mass is 207 g/mol. The van der Waals surface area contributed by atoms with Gasteiger partial charge in [-0.25, -0.2) is 0 Å². The van der Waals surface area contributed by atoms with E-state index in [0.29, 0.717) is 11.4 Å². The molecule has 1 aromatic heterocycles. The highest BCUT2D eigenvalue weighted by molar-refractivity contribution is 6.32. The minimum absolute atomic E-state index is 0.563. The van der Waals surface area contributed by atoms with Crippen LogP contribution in [0.15, 0.2) is 42.6 Å². The third kappa shape index (κ3) is 2.33. The largest absolute Gasteiger partial charge is 0.257 e. The molecule has 0 aliphatic carbocycles. The Hall–Kier alpha value is -1.57. The van der Waals surface area contributed by atoms with E-state index >= 15 is 0 Å². The highest BCUT2D eigenvalue weighted by Crippen LogP contribution is 2.20. The van der Waals surface area contributed by atoms with Crippen LogP contribution in [0.25, 0.3) is 11.3 Å². The molecule has 0 bridgehead atoms. The molecule has 0 unspecified atom stereocenters. The topological polar surface area (TPSA) is 12.9 Å². The van der Waals surface area contributed by atoms with Gasteiger partial charge in [-0.15, -0.1) is 0 Å². The summed E-state index contributed by atoms with van der Waals surface area (Å²) in [7, 11) is 5.61. The van der Waals surface area contributed by atoms with Gasteiger partial charge >= 0.3 is 0 Å². The molecule has 0 fully saturated rings. The molecule has 0 aliphatic rings. The molecule has 1 heterocycles. The summed E-state index contributed by atoms with van der Waals surface area (Å²) in [6, 6.07) is 12.3. The Kier molecular flexibility index (Phi) is 3.09. The van der Waals surface area contributed by atoms with Crippen molar-refractivity contribution >= 4 is 13.3 Å². The van der Waals surface area contributed by atoms with Crippen molar-refractivity contribution in [3.63, 3.8) is 0 Å². The summed E-state index contributed by atoms with van der Waals surface area (Å²) in [4.78, 5) is 4.30. The quantitative estimate of drug-likeness (QED) is 0.690. The minimum Gasteiger partial charge on any atom is -0.257 e. The van der Waals surface area contributed by atoms with Crippen LogP contribution >= 0.6 is 0 Å². The average molecular weight is 207 g/mol. The number of aromatic nitrogens is 1. The van der Waals surface area contributed by atoms with Gasteiger partial charge in [0.05, 0.1) is 5.69 Å². The van der Waals surface area contributed by atoms with Gasteiger partial charge in [0.25, 0.3) is 0 Å². The van der Waals surface area contributed by atoms with Crippen LogP contribution in [0.1, 0.15) is 25.3 Å². The second-order valence-corrected chi connectivity index (χ2v) is 4.25. The number of hydrogen-bond donors (Lipinski definition) is 0. The molecule has 2 radical (unpaired) electrons. The lowest BCUT2D eigenvalue weighted by molar-refractivity contribution is 0.867. The molecule has 0 atom stereocenters. The van der Waals surface area contributed by atoms with Crippen LogP contribution < -0.4 is 5.46 Å². The average Bonchev–Trinajstić information content (AvgIpc) is 2.30. The molecule has 2 rings (SSSR count). The molecule has 2 aromatic rings. The molecule has 0 spiro atoms. The third-order valence-corrected chi connectivity index (χ3v) is 2.66.